The number of nitrogens with one attached hydrogen (secondary N) is 1. The van der Waals surface area contributed by atoms with Gasteiger partial charge in [-0.3, -0.25) is 0 Å². The van der Waals surface area contributed by atoms with E-state index in [1.54, 1.807) is 6.20 Å². The van der Waals surface area contributed by atoms with Crippen LogP contribution in [0.4, 0.5) is 0 Å². The topological polar surface area (TPSA) is 54.7 Å². The van der Waals surface area contributed by atoms with E-state index in [9.17, 15) is 0 Å². The maximum Gasteiger partial charge on any atom is 0.188 e. The molecule has 0 fully saturated rings. The fourth-order valence-corrected chi connectivity index (χ4v) is 0.772. The summed E-state index contributed by atoms with van der Waals surface area (Å²) in [7, 11) is 0. The van der Waals surface area contributed by atoms with Gasteiger partial charge in [0.25, 0.3) is 0 Å². The minimum absolute atomic E-state index is 0.682. The van der Waals surface area contributed by atoms with Crippen LogP contribution in [-0.2, 0) is 0 Å². The molecule has 4 heteroatoms. The zero-order chi connectivity index (χ0) is 6.81. The van der Waals surface area contributed by atoms with E-state index in [1.807, 2.05) is 18.5 Å². The minimum atomic E-state index is 0.682. The molecule has 0 radical (unpaired) electrons. The Kier molecular flexibility index (Phi) is 1.04. The van der Waals surface area contributed by atoms with Crippen molar-refractivity contribution < 1.29 is 4.52 Å². The van der Waals surface area contributed by atoms with E-state index in [0.29, 0.717) is 5.76 Å². The van der Waals surface area contributed by atoms with Crippen LogP contribution in [0.2, 0.25) is 0 Å². The average Bonchev–Trinajstić information content (AvgIpc) is 2.59. The smallest absolute Gasteiger partial charge is 0.188 e. The summed E-state index contributed by atoms with van der Waals surface area (Å²) in [5.74, 6) is 0.682. The highest BCUT2D eigenvalue weighted by Crippen LogP contribution is 2.14. The summed E-state index contributed by atoms with van der Waals surface area (Å²) >= 11 is 0. The van der Waals surface area contributed by atoms with E-state index in [0.717, 1.165) is 5.56 Å². The lowest BCUT2D eigenvalue weighted by Gasteiger charge is -1.81. The maximum absolute atomic E-state index is 4.80. The highest BCUT2D eigenvalue weighted by Gasteiger charge is 2.00. The number of H-pyrrole nitrogens is 1. The standard InChI is InChI=1S/C6H5N3O/c1-2-7-3-5(1)6-4-8-9-10-6/h1-4,7H. The lowest BCUT2D eigenvalue weighted by atomic mass is 10.3. The van der Waals surface area contributed by atoms with Crippen molar-refractivity contribution in [3.8, 4) is 11.3 Å². The predicted molar refractivity (Wildman–Crippen MR) is 34.1 cm³/mol. The third kappa shape index (κ3) is 0.699. The molecule has 0 saturated heterocycles. The molecule has 0 amide bonds. The fourth-order valence-electron chi connectivity index (χ4n) is 0.772. The first kappa shape index (κ1) is 5.22. The average molecular weight is 135 g/mol. The molecule has 0 aromatic carbocycles. The van der Waals surface area contributed by atoms with E-state index in [4.69, 9.17) is 4.52 Å². The molecule has 50 valence electrons. The molecule has 4 nitrogen and oxygen atoms in total. The van der Waals surface area contributed by atoms with Crippen molar-refractivity contribution in [1.29, 1.82) is 0 Å². The van der Waals surface area contributed by atoms with Gasteiger partial charge in [0, 0.05) is 23.2 Å². The summed E-state index contributed by atoms with van der Waals surface area (Å²) in [6.07, 6.45) is 5.21. The van der Waals surface area contributed by atoms with Crippen molar-refractivity contribution in [2.24, 2.45) is 0 Å². The molecular weight excluding hydrogens is 130 g/mol. The van der Waals surface area contributed by atoms with Gasteiger partial charge in [-0.25, -0.2) is 0 Å². The van der Waals surface area contributed by atoms with Crippen LogP contribution in [0, 0.1) is 0 Å². The van der Waals surface area contributed by atoms with Crippen LogP contribution < -0.4 is 0 Å². The van der Waals surface area contributed by atoms with Crippen LogP contribution in [0.3, 0.4) is 0 Å². The molecule has 10 heavy (non-hydrogen) atoms. The van der Waals surface area contributed by atoms with Gasteiger partial charge in [-0.1, -0.05) is 0 Å². The molecular formula is C6H5N3O. The van der Waals surface area contributed by atoms with Crippen molar-refractivity contribution in [3.63, 3.8) is 0 Å². The Morgan fingerprint density at radius 3 is 3.10 bits per heavy atom. The van der Waals surface area contributed by atoms with Crippen LogP contribution in [0.5, 0.6) is 0 Å². The molecule has 2 rings (SSSR count). The van der Waals surface area contributed by atoms with Crippen molar-refractivity contribution in [1.82, 2.24) is 15.4 Å². The van der Waals surface area contributed by atoms with E-state index in [1.165, 1.54) is 0 Å². The Morgan fingerprint density at radius 1 is 1.50 bits per heavy atom. The molecule has 0 bridgehead atoms. The lowest BCUT2D eigenvalue weighted by molar-refractivity contribution is 0.403. The number of nitrogens with zero attached hydrogens (tertiary/aromatic N) is 2. The number of aromatic nitrogens is 3. The summed E-state index contributed by atoms with van der Waals surface area (Å²) in [5, 5.41) is 6.89. The molecule has 0 aliphatic carbocycles. The zero-order valence-electron chi connectivity index (χ0n) is 5.11. The molecule has 0 saturated carbocycles. The number of rotatable bonds is 1. The first-order valence-corrected chi connectivity index (χ1v) is 2.87. The first-order chi connectivity index (χ1) is 4.97. The highest BCUT2D eigenvalue weighted by molar-refractivity contribution is 5.53. The third-order valence-corrected chi connectivity index (χ3v) is 1.24. The van der Waals surface area contributed by atoms with E-state index in [-0.39, 0.29) is 0 Å². The summed E-state index contributed by atoms with van der Waals surface area (Å²) in [4.78, 5) is 2.90. The third-order valence-electron chi connectivity index (χ3n) is 1.24. The number of hydrogen-bond donors (Lipinski definition) is 1. The molecule has 2 aromatic heterocycles. The summed E-state index contributed by atoms with van der Waals surface area (Å²) in [5.41, 5.74) is 0.963. The highest BCUT2D eigenvalue weighted by atomic mass is 16.5. The summed E-state index contributed by atoms with van der Waals surface area (Å²) in [6, 6.07) is 1.89. The van der Waals surface area contributed by atoms with Crippen molar-refractivity contribution in [3.05, 3.63) is 24.7 Å². The van der Waals surface area contributed by atoms with Crippen LogP contribution in [0.15, 0.2) is 29.2 Å². The number of aromatic amines is 1. The van der Waals surface area contributed by atoms with E-state index in [2.05, 4.69) is 15.4 Å². The van der Waals surface area contributed by atoms with Gasteiger partial charge in [0.15, 0.2) is 5.76 Å². The fraction of sp³-hybridized carbons (Fsp3) is 0. The summed E-state index contributed by atoms with van der Waals surface area (Å²) in [6.45, 7) is 0. The Morgan fingerprint density at radius 2 is 2.50 bits per heavy atom. The SMILES string of the molecule is c1cc(-c2cnno2)c[nH]1. The van der Waals surface area contributed by atoms with Crippen LogP contribution in [-0.4, -0.2) is 15.4 Å². The molecule has 2 aromatic rings. The van der Waals surface area contributed by atoms with Gasteiger partial charge < -0.3 is 9.51 Å². The second kappa shape index (κ2) is 1.98. The van der Waals surface area contributed by atoms with Crippen LogP contribution >= 0.6 is 0 Å². The number of hydrogen-bond acceptors (Lipinski definition) is 3. The van der Waals surface area contributed by atoms with Crippen molar-refractivity contribution >= 4 is 0 Å². The van der Waals surface area contributed by atoms with Crippen molar-refractivity contribution in [2.45, 2.75) is 0 Å². The van der Waals surface area contributed by atoms with Gasteiger partial charge >= 0.3 is 0 Å². The zero-order valence-corrected chi connectivity index (χ0v) is 5.11. The van der Waals surface area contributed by atoms with Gasteiger partial charge in [-0.05, 0) is 6.07 Å². The maximum atomic E-state index is 4.80. The molecule has 0 unspecified atom stereocenters. The van der Waals surface area contributed by atoms with E-state index < -0.39 is 0 Å². The second-order valence-corrected chi connectivity index (χ2v) is 1.88. The molecule has 0 aliphatic rings. The minimum Gasteiger partial charge on any atom is -0.367 e. The quantitative estimate of drug-likeness (QED) is 0.636. The Balaban J connectivity index is 2.48. The van der Waals surface area contributed by atoms with Crippen LogP contribution in [0.1, 0.15) is 0 Å². The Bertz CT molecular complexity index is 252. The predicted octanol–water partition coefficient (Wildman–Crippen LogP) is 1.06. The van der Waals surface area contributed by atoms with Gasteiger partial charge in [0.1, 0.15) is 0 Å². The van der Waals surface area contributed by atoms with Gasteiger partial charge in [0.05, 0.1) is 6.20 Å². The van der Waals surface area contributed by atoms with Crippen LogP contribution in [0.25, 0.3) is 11.3 Å². The molecule has 2 heterocycles. The van der Waals surface area contributed by atoms with Crippen molar-refractivity contribution in [2.75, 3.05) is 0 Å². The van der Waals surface area contributed by atoms with Gasteiger partial charge in [-0.2, -0.15) is 0 Å². The normalized spacial score (nSPS) is 10.0. The molecule has 0 atom stereocenters. The Labute approximate surface area is 56.9 Å². The lowest BCUT2D eigenvalue weighted by Crippen LogP contribution is -1.63. The van der Waals surface area contributed by atoms with Gasteiger partial charge in [-0.15, -0.1) is 5.10 Å². The largest absolute Gasteiger partial charge is 0.367 e. The molecule has 0 aliphatic heterocycles. The van der Waals surface area contributed by atoms with Gasteiger partial charge in [0.2, 0.25) is 0 Å². The first-order valence-electron chi connectivity index (χ1n) is 2.87. The molecule has 1 N–H and O–H groups in total. The summed E-state index contributed by atoms with van der Waals surface area (Å²) < 4.78 is 4.80. The monoisotopic (exact) mass is 135 g/mol. The molecule has 0 spiro atoms. The van der Waals surface area contributed by atoms with E-state index >= 15 is 0 Å². The Hall–Kier alpha value is -1.58. The second-order valence-electron chi connectivity index (χ2n) is 1.88.